The number of nitrogens with two attached hydrogens (primary N) is 2. The number of aryl methyl sites for hydroxylation is 4. The average Bonchev–Trinajstić information content (AvgIpc) is 3.79. The lowest BCUT2D eigenvalue weighted by atomic mass is 10.2. The molecule has 5 aromatic heterocycles. The molecule has 0 aromatic carbocycles. The molecule has 46 heavy (non-hydrogen) atoms. The molecule has 5 aromatic rings. The van der Waals surface area contributed by atoms with Crippen molar-refractivity contribution >= 4 is 34.6 Å². The van der Waals surface area contributed by atoms with Crippen LogP contribution in [0.15, 0.2) is 45.2 Å². The third kappa shape index (κ3) is 6.04. The van der Waals surface area contributed by atoms with Crippen molar-refractivity contribution in [3.05, 3.63) is 47.3 Å². The molecule has 5 heterocycles. The van der Waals surface area contributed by atoms with Gasteiger partial charge in [0.15, 0.2) is 46.3 Å². The summed E-state index contributed by atoms with van der Waals surface area (Å²) in [5.41, 5.74) is 15.7. The molecule has 0 saturated heterocycles. The van der Waals surface area contributed by atoms with Gasteiger partial charge in [0, 0.05) is 20.2 Å². The zero-order valence-corrected chi connectivity index (χ0v) is 25.9. The molecule has 0 saturated carbocycles. The van der Waals surface area contributed by atoms with Gasteiger partial charge in [0.1, 0.15) is 29.6 Å². The molecule has 18 heteroatoms. The lowest BCUT2D eigenvalue weighted by Gasteiger charge is -2.06. The molecular weight excluding hydrogens is 588 g/mol. The Morgan fingerprint density at radius 2 is 1.15 bits per heavy atom. The maximum Gasteiger partial charge on any atom is 0.190 e. The monoisotopic (exact) mass is 620 g/mol. The Morgan fingerprint density at radius 3 is 1.54 bits per heavy atom. The summed E-state index contributed by atoms with van der Waals surface area (Å²) in [6.07, 6.45) is 8.95. The van der Waals surface area contributed by atoms with Crippen LogP contribution in [-0.4, -0.2) is 49.1 Å². The van der Waals surface area contributed by atoms with Crippen molar-refractivity contribution in [1.29, 1.82) is 10.5 Å². The third-order valence-electron chi connectivity index (χ3n) is 7.08. The Balaban J connectivity index is 1.55. The molecule has 234 valence electrons. The first kappa shape index (κ1) is 31.1. The van der Waals surface area contributed by atoms with Gasteiger partial charge in [0.05, 0.1) is 23.8 Å². The van der Waals surface area contributed by atoms with Gasteiger partial charge in [-0.25, -0.2) is 19.3 Å². The van der Waals surface area contributed by atoms with Gasteiger partial charge >= 0.3 is 0 Å². The second kappa shape index (κ2) is 13.6. The molecule has 0 radical (unpaired) electrons. The van der Waals surface area contributed by atoms with Crippen molar-refractivity contribution in [2.75, 3.05) is 11.5 Å². The fourth-order valence-electron chi connectivity index (χ4n) is 4.55. The largest absolute Gasteiger partial charge is 0.382 e. The van der Waals surface area contributed by atoms with Crippen LogP contribution in [0.25, 0.3) is 11.6 Å². The van der Waals surface area contributed by atoms with E-state index in [1.165, 1.54) is 37.4 Å². The topological polar surface area (TPSA) is 246 Å². The summed E-state index contributed by atoms with van der Waals surface area (Å²) in [7, 11) is 3.35. The van der Waals surface area contributed by atoms with Crippen molar-refractivity contribution in [1.82, 2.24) is 49.1 Å². The smallest absolute Gasteiger partial charge is 0.190 e. The Labute approximate surface area is 263 Å². The van der Waals surface area contributed by atoms with E-state index in [-0.39, 0.29) is 22.8 Å². The van der Waals surface area contributed by atoms with Gasteiger partial charge < -0.3 is 11.5 Å². The predicted molar refractivity (Wildman–Crippen MR) is 167 cm³/mol. The maximum atomic E-state index is 9.41. The standard InChI is InChI=1S/C28H32N18/c1-5-7-9-19-23(37-39-27-17(12-29)14-35-43(27)3)25(31)45(41-19)21-11-22(34-16-33-21)46-26(32)24(20(42-46)10-8-6-2)38-40-28-18(13-30)15-36-44(28)4/h11,14-16H,5-10,31-32H2,1-4H3/b39-37+,40-38+. The van der Waals surface area contributed by atoms with Gasteiger partial charge in [0.25, 0.3) is 0 Å². The Hall–Kier alpha value is -6.30. The van der Waals surface area contributed by atoms with Crippen LogP contribution in [-0.2, 0) is 26.9 Å². The van der Waals surface area contributed by atoms with E-state index in [0.717, 1.165) is 25.7 Å². The van der Waals surface area contributed by atoms with E-state index < -0.39 is 0 Å². The predicted octanol–water partition coefficient (Wildman–Crippen LogP) is 4.74. The molecule has 4 N–H and O–H groups in total. The lowest BCUT2D eigenvalue weighted by Crippen LogP contribution is -2.09. The van der Waals surface area contributed by atoms with E-state index in [1.807, 2.05) is 0 Å². The Morgan fingerprint density at radius 1 is 0.717 bits per heavy atom. The number of anilines is 2. The molecule has 0 bridgehead atoms. The van der Waals surface area contributed by atoms with Crippen LogP contribution in [0.2, 0.25) is 0 Å². The van der Waals surface area contributed by atoms with Gasteiger partial charge in [-0.15, -0.1) is 20.5 Å². The fraction of sp³-hybridized carbons (Fsp3) is 0.357. The van der Waals surface area contributed by atoms with Crippen molar-refractivity contribution in [2.24, 2.45) is 34.6 Å². The quantitative estimate of drug-likeness (QED) is 0.181. The highest BCUT2D eigenvalue weighted by Crippen LogP contribution is 2.34. The zero-order valence-electron chi connectivity index (χ0n) is 25.9. The molecule has 0 aliphatic heterocycles. The highest BCUT2D eigenvalue weighted by molar-refractivity contribution is 5.66. The first-order valence-corrected chi connectivity index (χ1v) is 14.6. The van der Waals surface area contributed by atoms with E-state index in [4.69, 9.17) is 21.7 Å². The summed E-state index contributed by atoms with van der Waals surface area (Å²) < 4.78 is 5.84. The number of azo groups is 2. The Bertz CT molecular complexity index is 1860. The number of nitrogen functional groups attached to an aromatic ring is 2. The molecule has 0 spiro atoms. The molecule has 0 aliphatic rings. The summed E-state index contributed by atoms with van der Waals surface area (Å²) in [4.78, 5) is 8.81. The number of rotatable bonds is 12. The zero-order chi connectivity index (χ0) is 32.8. The van der Waals surface area contributed by atoms with Crippen LogP contribution in [0.1, 0.15) is 62.0 Å². The minimum absolute atomic E-state index is 0.205. The normalized spacial score (nSPS) is 11.5. The maximum absolute atomic E-state index is 9.41. The van der Waals surface area contributed by atoms with E-state index in [0.29, 0.717) is 58.9 Å². The van der Waals surface area contributed by atoms with E-state index in [9.17, 15) is 10.5 Å². The van der Waals surface area contributed by atoms with E-state index in [2.05, 4.69) is 66.6 Å². The number of aromatic nitrogens is 10. The number of nitrogens with zero attached hydrogens (tertiary/aromatic N) is 16. The molecule has 18 nitrogen and oxygen atoms in total. The van der Waals surface area contributed by atoms with Gasteiger partial charge in [-0.05, 0) is 25.7 Å². The summed E-state index contributed by atoms with van der Waals surface area (Å²) in [5, 5.41) is 53.7. The van der Waals surface area contributed by atoms with Crippen molar-refractivity contribution in [3.8, 4) is 23.8 Å². The summed E-state index contributed by atoms with van der Waals surface area (Å²) in [5.74, 6) is 1.71. The molecule has 0 aliphatic carbocycles. The van der Waals surface area contributed by atoms with Crippen LogP contribution >= 0.6 is 0 Å². The second-order valence-corrected chi connectivity index (χ2v) is 10.3. The number of hydrogen-bond donors (Lipinski definition) is 2. The minimum Gasteiger partial charge on any atom is -0.382 e. The molecule has 0 amide bonds. The van der Waals surface area contributed by atoms with Crippen molar-refractivity contribution in [2.45, 2.75) is 52.4 Å². The minimum atomic E-state index is 0.205. The number of hydrogen-bond acceptors (Lipinski definition) is 14. The van der Waals surface area contributed by atoms with Crippen LogP contribution in [0.5, 0.6) is 0 Å². The average molecular weight is 621 g/mol. The first-order valence-electron chi connectivity index (χ1n) is 14.6. The van der Waals surface area contributed by atoms with Crippen LogP contribution in [0, 0.1) is 22.7 Å². The first-order chi connectivity index (χ1) is 22.3. The van der Waals surface area contributed by atoms with Gasteiger partial charge in [-0.1, -0.05) is 26.7 Å². The summed E-state index contributed by atoms with van der Waals surface area (Å²) in [6.45, 7) is 4.15. The second-order valence-electron chi connectivity index (χ2n) is 10.3. The summed E-state index contributed by atoms with van der Waals surface area (Å²) >= 11 is 0. The summed E-state index contributed by atoms with van der Waals surface area (Å²) in [6, 6.07) is 5.76. The number of unbranched alkanes of at least 4 members (excludes halogenated alkanes) is 2. The molecule has 0 unspecified atom stereocenters. The molecular formula is C28H32N18. The Kier molecular flexibility index (Phi) is 9.18. The van der Waals surface area contributed by atoms with Gasteiger partial charge in [-0.3, -0.25) is 0 Å². The SMILES string of the molecule is CCCCc1nn(-c2cc(-n3nc(CCCC)c(/N=N/c4c(C#N)cnn4C)c3N)ncn2)c(N)c1/N=N/c1c(C#N)cnn1C. The van der Waals surface area contributed by atoms with Crippen LogP contribution in [0.3, 0.4) is 0 Å². The lowest BCUT2D eigenvalue weighted by molar-refractivity contribution is 0.736. The molecule has 0 atom stereocenters. The highest BCUT2D eigenvalue weighted by atomic mass is 15.4. The van der Waals surface area contributed by atoms with Gasteiger partial charge in [-0.2, -0.15) is 40.3 Å². The van der Waals surface area contributed by atoms with Gasteiger partial charge in [0.2, 0.25) is 0 Å². The van der Waals surface area contributed by atoms with Crippen molar-refractivity contribution in [3.63, 3.8) is 0 Å². The van der Waals surface area contributed by atoms with E-state index in [1.54, 1.807) is 20.2 Å². The fourth-order valence-corrected chi connectivity index (χ4v) is 4.55. The van der Waals surface area contributed by atoms with Crippen LogP contribution < -0.4 is 11.5 Å². The van der Waals surface area contributed by atoms with Crippen molar-refractivity contribution < 1.29 is 0 Å². The van der Waals surface area contributed by atoms with Crippen LogP contribution in [0.4, 0.5) is 34.6 Å². The number of nitriles is 2. The molecule has 0 fully saturated rings. The van der Waals surface area contributed by atoms with E-state index >= 15 is 0 Å². The third-order valence-corrected chi connectivity index (χ3v) is 7.08. The highest BCUT2D eigenvalue weighted by Gasteiger charge is 2.22. The molecule has 5 rings (SSSR count).